The van der Waals surface area contributed by atoms with Gasteiger partial charge in [-0.25, -0.2) is 9.59 Å². The number of hydrogen-bond acceptors (Lipinski definition) is 10. The summed E-state index contributed by atoms with van der Waals surface area (Å²) in [4.78, 5) is 42.3. The van der Waals surface area contributed by atoms with Crippen molar-refractivity contribution in [3.8, 4) is 11.5 Å². The van der Waals surface area contributed by atoms with E-state index in [-0.39, 0.29) is 43.2 Å². The fourth-order valence-electron chi connectivity index (χ4n) is 5.99. The smallest absolute Gasteiger partial charge is 0.407 e. The molecule has 3 aromatic rings. The number of aryl methyl sites for hydroxylation is 2. The van der Waals surface area contributed by atoms with Crippen molar-refractivity contribution in [1.82, 2.24) is 15.4 Å². The highest BCUT2D eigenvalue weighted by molar-refractivity contribution is 6.03. The molecular weight excluding hydrogens is 694 g/mol. The van der Waals surface area contributed by atoms with Crippen LogP contribution < -0.4 is 25.4 Å². The highest BCUT2D eigenvalue weighted by atomic mass is 16.6. The van der Waals surface area contributed by atoms with E-state index in [0.29, 0.717) is 41.8 Å². The number of anilines is 2. The van der Waals surface area contributed by atoms with Gasteiger partial charge in [0.2, 0.25) is 0 Å². The van der Waals surface area contributed by atoms with Gasteiger partial charge in [0.1, 0.15) is 28.5 Å². The molecule has 14 nitrogen and oxygen atoms in total. The summed E-state index contributed by atoms with van der Waals surface area (Å²) in [5.74, 6) is 1.10. The van der Waals surface area contributed by atoms with E-state index in [1.54, 1.807) is 44.1 Å². The topological polar surface area (TPSA) is 163 Å². The van der Waals surface area contributed by atoms with Gasteiger partial charge in [-0.1, -0.05) is 24.2 Å². The molecule has 0 aliphatic carbocycles. The molecular formula is C40H57N5O9. The van der Waals surface area contributed by atoms with Crippen LogP contribution in [0.5, 0.6) is 11.5 Å². The Labute approximate surface area is 318 Å². The summed E-state index contributed by atoms with van der Waals surface area (Å²) < 4.78 is 34.8. The summed E-state index contributed by atoms with van der Waals surface area (Å²) in [6, 6.07) is 11.7. The molecule has 0 spiro atoms. The van der Waals surface area contributed by atoms with Crippen LogP contribution in [0.25, 0.3) is 0 Å². The number of alkyl carbamates (subject to hydrolysis) is 1. The van der Waals surface area contributed by atoms with Gasteiger partial charge in [-0.05, 0) is 104 Å². The maximum atomic E-state index is 14.8. The predicted molar refractivity (Wildman–Crippen MR) is 205 cm³/mol. The van der Waals surface area contributed by atoms with Crippen LogP contribution in [0.2, 0.25) is 0 Å². The van der Waals surface area contributed by atoms with Crippen LogP contribution in [-0.4, -0.2) is 85.4 Å². The molecule has 14 heteroatoms. The number of carbonyl (C=O) groups excluding carboxylic acids is 3. The van der Waals surface area contributed by atoms with Crippen LogP contribution in [0.15, 0.2) is 47.0 Å². The lowest BCUT2D eigenvalue weighted by Gasteiger charge is -2.35. The molecule has 0 bridgehead atoms. The number of urea groups is 1. The van der Waals surface area contributed by atoms with E-state index in [4.69, 9.17) is 28.2 Å². The van der Waals surface area contributed by atoms with Crippen LogP contribution in [0.1, 0.15) is 88.2 Å². The van der Waals surface area contributed by atoms with Crippen molar-refractivity contribution in [3.63, 3.8) is 0 Å². The quantitative estimate of drug-likeness (QED) is 0.189. The van der Waals surface area contributed by atoms with Crippen molar-refractivity contribution in [3.05, 3.63) is 65.0 Å². The lowest BCUT2D eigenvalue weighted by molar-refractivity contribution is -0.00852. The molecule has 0 radical (unpaired) electrons. The third kappa shape index (κ3) is 12.7. The lowest BCUT2D eigenvalue weighted by Crippen LogP contribution is -2.48. The van der Waals surface area contributed by atoms with Gasteiger partial charge in [-0.15, -0.1) is 0 Å². The van der Waals surface area contributed by atoms with Gasteiger partial charge in [0.05, 0.1) is 44.1 Å². The number of hydrogen-bond donors (Lipinski definition) is 3. The Balaban J connectivity index is 1.63. The van der Waals surface area contributed by atoms with Gasteiger partial charge in [-0.2, -0.15) is 0 Å². The zero-order valence-corrected chi connectivity index (χ0v) is 33.1. The van der Waals surface area contributed by atoms with Gasteiger partial charge in [-0.3, -0.25) is 4.79 Å². The van der Waals surface area contributed by atoms with Crippen LogP contribution in [0.4, 0.5) is 21.0 Å². The third-order valence-corrected chi connectivity index (χ3v) is 8.95. The normalized spacial score (nSPS) is 19.1. The zero-order chi connectivity index (χ0) is 39.4. The second-order valence-electron chi connectivity index (χ2n) is 14.9. The number of nitrogens with one attached hydrogen (secondary N) is 3. The van der Waals surface area contributed by atoms with E-state index in [1.165, 1.54) is 0 Å². The number of carbonyl (C=O) groups is 3. The van der Waals surface area contributed by atoms with E-state index in [1.807, 2.05) is 65.8 Å². The van der Waals surface area contributed by atoms with E-state index in [9.17, 15) is 14.4 Å². The second kappa shape index (κ2) is 19.5. The molecule has 4 atom stereocenters. The van der Waals surface area contributed by atoms with Crippen molar-refractivity contribution in [2.45, 2.75) is 105 Å². The number of nitrogens with zero attached hydrogens (tertiary/aromatic N) is 2. The highest BCUT2D eigenvalue weighted by Crippen LogP contribution is 2.29. The van der Waals surface area contributed by atoms with E-state index < -0.39 is 29.9 Å². The number of methoxy groups -OCH3 is 1. The summed E-state index contributed by atoms with van der Waals surface area (Å²) in [6.45, 7) is 16.3. The van der Waals surface area contributed by atoms with Crippen LogP contribution >= 0.6 is 0 Å². The van der Waals surface area contributed by atoms with Crippen molar-refractivity contribution < 1.29 is 42.6 Å². The second-order valence-corrected chi connectivity index (χ2v) is 14.9. The van der Waals surface area contributed by atoms with E-state index in [0.717, 1.165) is 30.6 Å². The van der Waals surface area contributed by atoms with Gasteiger partial charge in [0, 0.05) is 31.3 Å². The molecule has 0 unspecified atom stereocenters. The largest absolute Gasteiger partial charge is 0.497 e. The van der Waals surface area contributed by atoms with Gasteiger partial charge < -0.3 is 49.1 Å². The average molecular weight is 752 g/mol. The van der Waals surface area contributed by atoms with E-state index in [2.05, 4.69) is 21.1 Å². The maximum Gasteiger partial charge on any atom is 0.407 e. The van der Waals surface area contributed by atoms with Crippen molar-refractivity contribution in [2.75, 3.05) is 44.0 Å². The number of benzene rings is 2. The Bertz CT molecular complexity index is 1670. The van der Waals surface area contributed by atoms with Crippen LogP contribution in [0.3, 0.4) is 0 Å². The van der Waals surface area contributed by atoms with Crippen molar-refractivity contribution >= 4 is 29.4 Å². The summed E-state index contributed by atoms with van der Waals surface area (Å²) in [5, 5.41) is 12.4. The summed E-state index contributed by atoms with van der Waals surface area (Å²) in [5.41, 5.74) is 2.00. The Hall–Kier alpha value is -4.82. The lowest BCUT2D eigenvalue weighted by atomic mass is 10.0. The van der Waals surface area contributed by atoms with Gasteiger partial charge in [0.15, 0.2) is 5.76 Å². The highest BCUT2D eigenvalue weighted by Gasteiger charge is 2.31. The molecule has 4 rings (SSSR count). The maximum absolute atomic E-state index is 14.8. The van der Waals surface area contributed by atoms with Gasteiger partial charge in [0.25, 0.3) is 5.91 Å². The first kappa shape index (κ1) is 41.9. The van der Waals surface area contributed by atoms with E-state index >= 15 is 0 Å². The fourth-order valence-corrected chi connectivity index (χ4v) is 5.99. The first-order valence-corrected chi connectivity index (χ1v) is 18.5. The minimum atomic E-state index is -0.654. The van der Waals surface area contributed by atoms with Gasteiger partial charge >= 0.3 is 12.1 Å². The minimum absolute atomic E-state index is 0.199. The molecule has 0 saturated heterocycles. The minimum Gasteiger partial charge on any atom is -0.497 e. The summed E-state index contributed by atoms with van der Waals surface area (Å²) in [7, 11) is 1.62. The number of aromatic nitrogens is 1. The predicted octanol–water partition coefficient (Wildman–Crippen LogP) is 7.49. The molecule has 1 aromatic heterocycles. The van der Waals surface area contributed by atoms with Crippen molar-refractivity contribution in [1.29, 1.82) is 0 Å². The van der Waals surface area contributed by atoms with Crippen LogP contribution in [0, 0.1) is 19.8 Å². The summed E-state index contributed by atoms with van der Waals surface area (Å²) in [6.07, 6.45) is 1.19. The Morgan fingerprint density at radius 1 is 1.06 bits per heavy atom. The average Bonchev–Trinajstić information content (AvgIpc) is 3.43. The number of ether oxygens (including phenoxy) is 5. The molecule has 54 heavy (non-hydrogen) atoms. The van der Waals surface area contributed by atoms with Crippen molar-refractivity contribution in [2.24, 2.45) is 5.92 Å². The molecule has 0 fully saturated rings. The zero-order valence-electron chi connectivity index (χ0n) is 33.1. The molecule has 0 saturated carbocycles. The Morgan fingerprint density at radius 3 is 2.46 bits per heavy atom. The first-order valence-electron chi connectivity index (χ1n) is 18.5. The fraction of sp³-hybridized carbons (Fsp3) is 0.550. The Kier molecular flexibility index (Phi) is 15.1. The standard InChI is InChI=1S/C40H57N5O9/c1-25-22-45(26(2)23-50-24-30-13-16-32(49-9)17-14-30)37(46)33-20-31(42-38(47)43-36-28(4)44-54-29(36)5)15-18-34(33)52-27(3)12-10-11-19-51-35(25)21-41-39(48)53-40(6,7)8/h13-18,20,25-27,35H,10-12,19,21-24H2,1-9H3,(H,41,48)(H2,42,43,47)/t25-,26+,27+,35+/m1/s1. The molecule has 1 aliphatic heterocycles. The molecule has 296 valence electrons. The SMILES string of the molecule is COc1ccc(COC[C@H](C)N2C[C@@H](C)[C@H](CNC(=O)OC(C)(C)C)OCCCC[C@H](C)Oc3ccc(NC(=O)Nc4c(C)noc4C)cc3C2=O)cc1. The molecule has 3 N–H and O–H groups in total. The third-order valence-electron chi connectivity index (χ3n) is 8.95. The number of amides is 4. The molecule has 1 aliphatic rings. The number of fused-ring (bicyclic) bond motifs is 1. The molecule has 2 heterocycles. The Morgan fingerprint density at radius 2 is 1.80 bits per heavy atom. The first-order chi connectivity index (χ1) is 25.6. The molecule has 2 aromatic carbocycles. The monoisotopic (exact) mass is 751 g/mol. The molecule has 4 amide bonds. The summed E-state index contributed by atoms with van der Waals surface area (Å²) >= 11 is 0. The van der Waals surface area contributed by atoms with Crippen LogP contribution in [-0.2, 0) is 20.8 Å². The number of rotatable bonds is 10.